The normalized spacial score (nSPS) is 25.9. The summed E-state index contributed by atoms with van der Waals surface area (Å²) in [6.45, 7) is 4.97. The molecule has 0 bridgehead atoms. The predicted octanol–water partition coefficient (Wildman–Crippen LogP) is 1.51. The van der Waals surface area contributed by atoms with E-state index in [2.05, 4.69) is 18.9 Å². The lowest BCUT2D eigenvalue weighted by Gasteiger charge is -2.14. The minimum Gasteiger partial charge on any atom is -0.339 e. The predicted molar refractivity (Wildman–Crippen MR) is 65.2 cm³/mol. The van der Waals surface area contributed by atoms with E-state index in [4.69, 9.17) is 0 Å². The molecule has 1 saturated heterocycles. The van der Waals surface area contributed by atoms with Crippen LogP contribution in [0.15, 0.2) is 12.2 Å². The molecule has 0 aromatic heterocycles. The summed E-state index contributed by atoms with van der Waals surface area (Å²) in [4.78, 5) is 16.1. The fourth-order valence-electron chi connectivity index (χ4n) is 2.22. The highest BCUT2D eigenvalue weighted by atomic mass is 16.2. The molecule has 0 unspecified atom stereocenters. The molecule has 1 saturated carbocycles. The lowest BCUT2D eigenvalue weighted by atomic mass is 10.2. The van der Waals surface area contributed by atoms with Crippen molar-refractivity contribution in [2.75, 3.05) is 26.7 Å². The first-order valence-corrected chi connectivity index (χ1v) is 6.32. The number of hydrogen-bond donors (Lipinski definition) is 0. The Kier molecular flexibility index (Phi) is 3.64. The van der Waals surface area contributed by atoms with Crippen LogP contribution in [0.4, 0.5) is 0 Å². The second kappa shape index (κ2) is 5.00. The quantitative estimate of drug-likeness (QED) is 0.673. The second-order valence-corrected chi connectivity index (χ2v) is 5.25. The largest absolute Gasteiger partial charge is 0.339 e. The van der Waals surface area contributed by atoms with Crippen LogP contribution in [0.2, 0.25) is 0 Å². The van der Waals surface area contributed by atoms with Gasteiger partial charge >= 0.3 is 0 Å². The number of carbonyl (C=O) groups excluding carboxylic acids is 1. The Bertz CT molecular complexity index is 284. The van der Waals surface area contributed by atoms with Crippen molar-refractivity contribution in [3.8, 4) is 0 Å². The molecule has 90 valence electrons. The summed E-state index contributed by atoms with van der Waals surface area (Å²) in [6.07, 6.45) is 7.55. The third-order valence-corrected chi connectivity index (χ3v) is 3.56. The zero-order chi connectivity index (χ0) is 11.5. The molecular formula is C13H22N2O. The van der Waals surface area contributed by atoms with E-state index < -0.39 is 0 Å². The van der Waals surface area contributed by atoms with Gasteiger partial charge in [0.15, 0.2) is 0 Å². The first-order valence-electron chi connectivity index (χ1n) is 6.32. The molecule has 0 radical (unpaired) electrons. The smallest absolute Gasteiger partial charge is 0.246 e. The molecule has 2 rings (SSSR count). The number of carbonyl (C=O) groups is 1. The zero-order valence-electron chi connectivity index (χ0n) is 10.4. The van der Waals surface area contributed by atoms with Gasteiger partial charge in [-0.05, 0) is 32.2 Å². The molecule has 1 aliphatic carbocycles. The van der Waals surface area contributed by atoms with Crippen LogP contribution in [0.25, 0.3) is 0 Å². The van der Waals surface area contributed by atoms with E-state index in [1.807, 2.05) is 11.0 Å². The van der Waals surface area contributed by atoms with Crippen LogP contribution in [0.3, 0.4) is 0 Å². The number of nitrogens with zero attached hydrogens (tertiary/aromatic N) is 2. The van der Waals surface area contributed by atoms with E-state index in [-0.39, 0.29) is 5.91 Å². The Labute approximate surface area is 98.1 Å². The SMILES string of the molecule is C[C@@H]1CCN(C(=O)/C=C/CN(C)C2CC2)C1. The van der Waals surface area contributed by atoms with Crippen molar-refractivity contribution >= 4 is 5.91 Å². The molecule has 0 aromatic rings. The van der Waals surface area contributed by atoms with Gasteiger partial charge in [-0.15, -0.1) is 0 Å². The molecule has 1 aliphatic heterocycles. The molecule has 16 heavy (non-hydrogen) atoms. The fourth-order valence-corrected chi connectivity index (χ4v) is 2.22. The van der Waals surface area contributed by atoms with Crippen LogP contribution < -0.4 is 0 Å². The van der Waals surface area contributed by atoms with Crippen LogP contribution in [0.5, 0.6) is 0 Å². The van der Waals surface area contributed by atoms with E-state index in [9.17, 15) is 4.79 Å². The molecule has 1 atom stereocenters. The van der Waals surface area contributed by atoms with Crippen molar-refractivity contribution in [3.05, 3.63) is 12.2 Å². The molecule has 0 N–H and O–H groups in total. The highest BCUT2D eigenvalue weighted by molar-refractivity contribution is 5.87. The first-order chi connectivity index (χ1) is 7.66. The summed E-state index contributed by atoms with van der Waals surface area (Å²) >= 11 is 0. The van der Waals surface area contributed by atoms with Crippen molar-refractivity contribution < 1.29 is 4.79 Å². The Morgan fingerprint density at radius 1 is 1.44 bits per heavy atom. The number of rotatable bonds is 4. The number of likely N-dealkylation sites (N-methyl/N-ethyl adjacent to an activating group) is 1. The lowest BCUT2D eigenvalue weighted by Crippen LogP contribution is -2.27. The minimum atomic E-state index is 0.188. The Balaban J connectivity index is 1.71. The highest BCUT2D eigenvalue weighted by Gasteiger charge is 2.25. The lowest BCUT2D eigenvalue weighted by molar-refractivity contribution is -0.125. The number of hydrogen-bond acceptors (Lipinski definition) is 2. The fraction of sp³-hybridized carbons (Fsp3) is 0.769. The van der Waals surface area contributed by atoms with Gasteiger partial charge < -0.3 is 4.90 Å². The second-order valence-electron chi connectivity index (χ2n) is 5.25. The molecule has 0 spiro atoms. The standard InChI is InChI=1S/C13H22N2O/c1-11-7-9-15(10-11)13(16)4-3-8-14(2)12-5-6-12/h3-4,11-12H,5-10H2,1-2H3/b4-3+/t11-/m1/s1. The van der Waals surface area contributed by atoms with Gasteiger partial charge in [0.25, 0.3) is 0 Å². The Morgan fingerprint density at radius 2 is 2.19 bits per heavy atom. The van der Waals surface area contributed by atoms with E-state index in [1.54, 1.807) is 6.08 Å². The van der Waals surface area contributed by atoms with Crippen molar-refractivity contribution in [2.45, 2.75) is 32.2 Å². The average molecular weight is 222 g/mol. The van der Waals surface area contributed by atoms with Crippen molar-refractivity contribution in [3.63, 3.8) is 0 Å². The monoisotopic (exact) mass is 222 g/mol. The summed E-state index contributed by atoms with van der Waals surface area (Å²) in [5, 5.41) is 0. The Morgan fingerprint density at radius 3 is 2.75 bits per heavy atom. The van der Waals surface area contributed by atoms with Gasteiger partial charge in [-0.1, -0.05) is 13.0 Å². The van der Waals surface area contributed by atoms with Crippen LogP contribution in [0.1, 0.15) is 26.2 Å². The van der Waals surface area contributed by atoms with E-state index in [0.717, 1.165) is 32.1 Å². The van der Waals surface area contributed by atoms with Gasteiger partial charge in [0.2, 0.25) is 5.91 Å². The van der Waals surface area contributed by atoms with Gasteiger partial charge in [0.05, 0.1) is 0 Å². The average Bonchev–Trinajstić information content (AvgIpc) is 3.01. The van der Waals surface area contributed by atoms with E-state index in [1.165, 1.54) is 12.8 Å². The summed E-state index contributed by atoms with van der Waals surface area (Å²) < 4.78 is 0. The maximum atomic E-state index is 11.8. The van der Waals surface area contributed by atoms with E-state index >= 15 is 0 Å². The molecular weight excluding hydrogens is 200 g/mol. The Hall–Kier alpha value is -0.830. The number of likely N-dealkylation sites (tertiary alicyclic amines) is 1. The van der Waals surface area contributed by atoms with Gasteiger partial charge in [0.1, 0.15) is 0 Å². The molecule has 1 amide bonds. The summed E-state index contributed by atoms with van der Waals surface area (Å²) in [7, 11) is 2.13. The third kappa shape index (κ3) is 3.08. The zero-order valence-corrected chi connectivity index (χ0v) is 10.4. The van der Waals surface area contributed by atoms with Crippen LogP contribution in [0, 0.1) is 5.92 Å². The van der Waals surface area contributed by atoms with Crippen molar-refractivity contribution in [2.24, 2.45) is 5.92 Å². The van der Waals surface area contributed by atoms with Crippen LogP contribution in [-0.2, 0) is 4.79 Å². The van der Waals surface area contributed by atoms with Gasteiger partial charge in [-0.3, -0.25) is 9.69 Å². The molecule has 0 aromatic carbocycles. The maximum absolute atomic E-state index is 11.8. The summed E-state index contributed by atoms with van der Waals surface area (Å²) in [6, 6.07) is 0.770. The van der Waals surface area contributed by atoms with Crippen LogP contribution >= 0.6 is 0 Å². The molecule has 2 fully saturated rings. The van der Waals surface area contributed by atoms with Crippen molar-refractivity contribution in [1.29, 1.82) is 0 Å². The first kappa shape index (κ1) is 11.6. The topological polar surface area (TPSA) is 23.6 Å². The highest BCUT2D eigenvalue weighted by Crippen LogP contribution is 2.24. The molecule has 3 nitrogen and oxygen atoms in total. The molecule has 2 aliphatic rings. The maximum Gasteiger partial charge on any atom is 0.246 e. The van der Waals surface area contributed by atoms with Gasteiger partial charge in [0, 0.05) is 31.8 Å². The molecule has 1 heterocycles. The summed E-state index contributed by atoms with van der Waals surface area (Å²) in [5.74, 6) is 0.861. The molecule has 3 heteroatoms. The van der Waals surface area contributed by atoms with Crippen LogP contribution in [-0.4, -0.2) is 48.4 Å². The van der Waals surface area contributed by atoms with Crippen molar-refractivity contribution in [1.82, 2.24) is 9.80 Å². The number of amides is 1. The summed E-state index contributed by atoms with van der Waals surface area (Å²) in [5.41, 5.74) is 0. The third-order valence-electron chi connectivity index (χ3n) is 3.56. The van der Waals surface area contributed by atoms with E-state index in [0.29, 0.717) is 5.92 Å². The van der Waals surface area contributed by atoms with Gasteiger partial charge in [-0.2, -0.15) is 0 Å². The van der Waals surface area contributed by atoms with Gasteiger partial charge in [-0.25, -0.2) is 0 Å². The minimum absolute atomic E-state index is 0.188.